The summed E-state index contributed by atoms with van der Waals surface area (Å²) in [7, 11) is 0. The van der Waals surface area contributed by atoms with Gasteiger partial charge in [0.2, 0.25) is 5.91 Å². The van der Waals surface area contributed by atoms with E-state index in [0.717, 1.165) is 25.1 Å². The number of anilines is 2. The molecule has 0 spiro atoms. The van der Waals surface area contributed by atoms with Crippen LogP contribution in [0.5, 0.6) is 0 Å². The number of aryl methyl sites for hydroxylation is 2. The molecule has 2 aliphatic rings. The van der Waals surface area contributed by atoms with E-state index in [1.165, 1.54) is 54.7 Å². The highest BCUT2D eigenvalue weighted by Gasteiger charge is 2.34. The van der Waals surface area contributed by atoms with Crippen LogP contribution in [0.25, 0.3) is 0 Å². The van der Waals surface area contributed by atoms with E-state index in [4.69, 9.17) is 0 Å². The van der Waals surface area contributed by atoms with Crippen LogP contribution in [0.1, 0.15) is 70.1 Å². The molecule has 0 aromatic heterocycles. The smallest absolute Gasteiger partial charge is 0.229 e. The Kier molecular flexibility index (Phi) is 5.85. The van der Waals surface area contributed by atoms with E-state index in [1.807, 2.05) is 20.8 Å². The number of hydrogen-bond acceptors (Lipinski definition) is 3. The monoisotopic (exact) mass is 371 g/mol. The molecule has 0 saturated carbocycles. The molecule has 1 aromatic rings. The molecular formula is C23H37N3O. The van der Waals surface area contributed by atoms with E-state index in [9.17, 15) is 4.79 Å². The summed E-state index contributed by atoms with van der Waals surface area (Å²) < 4.78 is 0. The highest BCUT2D eigenvalue weighted by atomic mass is 16.2. The van der Waals surface area contributed by atoms with Gasteiger partial charge in [-0.25, -0.2) is 0 Å². The normalized spacial score (nSPS) is 19.1. The predicted octanol–water partition coefficient (Wildman–Crippen LogP) is 4.87. The zero-order valence-electron chi connectivity index (χ0n) is 18.1. The minimum absolute atomic E-state index is 0.0922. The fourth-order valence-corrected chi connectivity index (χ4v) is 4.63. The Morgan fingerprint density at radius 1 is 1.11 bits per heavy atom. The number of fused-ring (bicyclic) bond motifs is 1. The molecule has 150 valence electrons. The molecule has 27 heavy (non-hydrogen) atoms. The molecule has 4 nitrogen and oxygen atoms in total. The third-order valence-corrected chi connectivity index (χ3v) is 6.17. The van der Waals surface area contributed by atoms with Crippen LogP contribution in [-0.2, 0) is 11.2 Å². The van der Waals surface area contributed by atoms with E-state index in [2.05, 4.69) is 42.0 Å². The number of benzene rings is 1. The molecule has 1 N–H and O–H groups in total. The number of carbonyl (C=O) groups excluding carboxylic acids is 1. The van der Waals surface area contributed by atoms with Gasteiger partial charge in [0.05, 0.1) is 17.5 Å². The van der Waals surface area contributed by atoms with Crippen molar-refractivity contribution in [1.82, 2.24) is 4.90 Å². The second-order valence-corrected chi connectivity index (χ2v) is 9.35. The first-order chi connectivity index (χ1) is 12.7. The average molecular weight is 372 g/mol. The minimum atomic E-state index is -0.398. The summed E-state index contributed by atoms with van der Waals surface area (Å²) in [6, 6.07) is 2.24. The van der Waals surface area contributed by atoms with Gasteiger partial charge in [0, 0.05) is 25.0 Å². The van der Waals surface area contributed by atoms with Crippen LogP contribution in [-0.4, -0.2) is 36.6 Å². The van der Waals surface area contributed by atoms with Crippen LogP contribution in [0.4, 0.5) is 11.4 Å². The molecule has 1 unspecified atom stereocenters. The third-order valence-electron chi connectivity index (χ3n) is 6.17. The van der Waals surface area contributed by atoms with Gasteiger partial charge in [-0.05, 0) is 56.2 Å². The van der Waals surface area contributed by atoms with Crippen LogP contribution >= 0.6 is 0 Å². The molecule has 1 amide bonds. The van der Waals surface area contributed by atoms with E-state index < -0.39 is 5.41 Å². The minimum Gasteiger partial charge on any atom is -0.354 e. The van der Waals surface area contributed by atoms with Crippen molar-refractivity contribution in [2.45, 2.75) is 79.8 Å². The molecule has 4 heteroatoms. The van der Waals surface area contributed by atoms with Crippen molar-refractivity contribution in [3.63, 3.8) is 0 Å². The largest absolute Gasteiger partial charge is 0.354 e. The average Bonchev–Trinajstić information content (AvgIpc) is 3.04. The molecule has 1 fully saturated rings. The van der Waals surface area contributed by atoms with Crippen LogP contribution in [0, 0.1) is 19.3 Å². The number of likely N-dealkylation sites (tertiary alicyclic amines) is 1. The van der Waals surface area contributed by atoms with Gasteiger partial charge < -0.3 is 10.2 Å². The molecule has 2 heterocycles. The summed E-state index contributed by atoms with van der Waals surface area (Å²) in [6.07, 6.45) is 6.57. The lowest BCUT2D eigenvalue weighted by atomic mass is 9.94. The summed E-state index contributed by atoms with van der Waals surface area (Å²) in [6.45, 7) is 16.0. The fraction of sp³-hybridized carbons (Fsp3) is 0.696. The van der Waals surface area contributed by atoms with Crippen LogP contribution in [0.2, 0.25) is 0 Å². The molecule has 3 rings (SSSR count). The number of piperidine rings is 1. The second kappa shape index (κ2) is 7.83. The van der Waals surface area contributed by atoms with Gasteiger partial charge in [-0.3, -0.25) is 9.69 Å². The van der Waals surface area contributed by atoms with Gasteiger partial charge in [0.25, 0.3) is 0 Å². The Morgan fingerprint density at radius 3 is 2.37 bits per heavy atom. The molecule has 1 aromatic carbocycles. The van der Waals surface area contributed by atoms with E-state index >= 15 is 0 Å². The maximum absolute atomic E-state index is 12.8. The lowest BCUT2D eigenvalue weighted by molar-refractivity contribution is -0.123. The van der Waals surface area contributed by atoms with E-state index in [0.29, 0.717) is 6.17 Å². The van der Waals surface area contributed by atoms with Crippen LogP contribution in [0.3, 0.4) is 0 Å². The topological polar surface area (TPSA) is 35.6 Å². The first-order valence-electron chi connectivity index (χ1n) is 10.7. The van der Waals surface area contributed by atoms with Gasteiger partial charge in [0.1, 0.15) is 0 Å². The van der Waals surface area contributed by atoms with Gasteiger partial charge in [-0.1, -0.05) is 40.2 Å². The lowest BCUT2D eigenvalue weighted by Crippen LogP contribution is -2.49. The first kappa shape index (κ1) is 20.2. The number of nitrogens with one attached hydrogen (secondary N) is 1. The first-order valence-corrected chi connectivity index (χ1v) is 10.7. The van der Waals surface area contributed by atoms with Crippen molar-refractivity contribution in [1.29, 1.82) is 0 Å². The van der Waals surface area contributed by atoms with Gasteiger partial charge in [0.15, 0.2) is 0 Å². The summed E-state index contributed by atoms with van der Waals surface area (Å²) in [5, 5.41) is 3.29. The van der Waals surface area contributed by atoms with Crippen molar-refractivity contribution in [2.24, 2.45) is 5.41 Å². The molecule has 1 atom stereocenters. The Morgan fingerprint density at radius 2 is 1.78 bits per heavy atom. The molecule has 0 aliphatic carbocycles. The lowest BCUT2D eigenvalue weighted by Gasteiger charge is -2.41. The van der Waals surface area contributed by atoms with Crippen LogP contribution < -0.4 is 10.2 Å². The zero-order valence-corrected chi connectivity index (χ0v) is 18.1. The summed E-state index contributed by atoms with van der Waals surface area (Å²) >= 11 is 0. The van der Waals surface area contributed by atoms with Crippen LogP contribution in [0.15, 0.2) is 6.07 Å². The molecule has 0 radical (unpaired) electrons. The van der Waals surface area contributed by atoms with E-state index in [-0.39, 0.29) is 5.91 Å². The van der Waals surface area contributed by atoms with Crippen molar-refractivity contribution < 1.29 is 4.79 Å². The quantitative estimate of drug-likeness (QED) is 0.820. The molecule has 2 aliphatic heterocycles. The molecule has 1 saturated heterocycles. The Bertz CT molecular complexity index is 699. The summed E-state index contributed by atoms with van der Waals surface area (Å²) in [4.78, 5) is 18.0. The maximum atomic E-state index is 12.8. The highest BCUT2D eigenvalue weighted by Crippen LogP contribution is 2.42. The van der Waals surface area contributed by atoms with Crippen molar-refractivity contribution >= 4 is 17.3 Å². The number of amides is 1. The number of hydrogen-bond donors (Lipinski definition) is 1. The van der Waals surface area contributed by atoms with E-state index in [1.54, 1.807) is 0 Å². The van der Waals surface area contributed by atoms with Gasteiger partial charge in [-0.15, -0.1) is 0 Å². The van der Waals surface area contributed by atoms with Gasteiger partial charge in [-0.2, -0.15) is 0 Å². The number of nitrogens with zero attached hydrogens (tertiary/aromatic N) is 2. The fourth-order valence-electron chi connectivity index (χ4n) is 4.63. The predicted molar refractivity (Wildman–Crippen MR) is 115 cm³/mol. The summed E-state index contributed by atoms with van der Waals surface area (Å²) in [5.41, 5.74) is 5.85. The standard InChI is InChI=1S/C23H37N3O/c1-7-19(25-12-9-8-10-13-25)26-14-11-18-16(2)15-17(3)20(21(18)26)24-22(27)23(4,5)6/h15,19H,7-14H2,1-6H3,(H,24,27). The Hall–Kier alpha value is -1.55. The maximum Gasteiger partial charge on any atom is 0.229 e. The van der Waals surface area contributed by atoms with Gasteiger partial charge >= 0.3 is 0 Å². The highest BCUT2D eigenvalue weighted by molar-refractivity contribution is 5.99. The Labute approximate surface area is 165 Å². The zero-order chi connectivity index (χ0) is 19.8. The summed E-state index contributed by atoms with van der Waals surface area (Å²) in [5.74, 6) is 0.0922. The molecule has 0 bridgehead atoms. The Balaban J connectivity index is 2.00. The SMILES string of the molecule is CCC(N1CCCCC1)N1CCc2c(C)cc(C)c(NC(=O)C(C)(C)C)c21. The number of carbonyl (C=O) groups is 1. The third kappa shape index (κ3) is 4.01. The van der Waals surface area contributed by atoms with Crippen molar-refractivity contribution in [3.8, 4) is 0 Å². The molecular weight excluding hydrogens is 334 g/mol. The van der Waals surface area contributed by atoms with Crippen molar-refractivity contribution in [3.05, 3.63) is 22.8 Å². The number of rotatable bonds is 4. The van der Waals surface area contributed by atoms with Crippen molar-refractivity contribution in [2.75, 3.05) is 29.9 Å². The second-order valence-electron chi connectivity index (χ2n) is 9.35.